The number of hydrogen-bond donors (Lipinski definition) is 0. The molecule has 4 rings (SSSR count). The van der Waals surface area contributed by atoms with Crippen LogP contribution in [0.1, 0.15) is 40.0 Å². The lowest BCUT2D eigenvalue weighted by atomic mass is 9.82. The maximum absolute atomic E-state index is 13.9. The zero-order valence-electron chi connectivity index (χ0n) is 15.0. The molecule has 0 aliphatic carbocycles. The Kier molecular flexibility index (Phi) is 4.34. The lowest BCUT2D eigenvalue weighted by Crippen LogP contribution is -2.52. The maximum atomic E-state index is 13.9. The van der Waals surface area contributed by atoms with Gasteiger partial charge in [-0.05, 0) is 30.3 Å². The van der Waals surface area contributed by atoms with Crippen LogP contribution in [0.4, 0.5) is 4.39 Å². The van der Waals surface area contributed by atoms with Gasteiger partial charge in [-0.15, -0.1) is 0 Å². The lowest BCUT2D eigenvalue weighted by molar-refractivity contribution is -0.00585. The van der Waals surface area contributed by atoms with E-state index >= 15 is 0 Å². The van der Waals surface area contributed by atoms with Crippen molar-refractivity contribution in [2.75, 3.05) is 20.2 Å². The minimum atomic E-state index is -0.606. The van der Waals surface area contributed by atoms with Crippen molar-refractivity contribution >= 4 is 11.7 Å². The summed E-state index contributed by atoms with van der Waals surface area (Å²) in [5.41, 5.74) is 0.00128. The molecule has 0 N–H and O–H groups in total. The Morgan fingerprint density at radius 2 is 1.93 bits per heavy atom. The molecule has 1 fully saturated rings. The predicted molar refractivity (Wildman–Crippen MR) is 96.8 cm³/mol. The number of rotatable bonds is 2. The third-order valence-corrected chi connectivity index (χ3v) is 5.36. The highest BCUT2D eigenvalue weighted by molar-refractivity contribution is 6.01. The number of methoxy groups -OCH3 is 1. The van der Waals surface area contributed by atoms with E-state index in [1.54, 1.807) is 42.3 Å². The van der Waals surface area contributed by atoms with E-state index in [-0.39, 0.29) is 23.7 Å². The summed E-state index contributed by atoms with van der Waals surface area (Å²) in [7, 11) is 1.56. The molecular formula is C21H20FNO4. The molecule has 1 amide bonds. The van der Waals surface area contributed by atoms with E-state index in [0.717, 1.165) is 0 Å². The first-order chi connectivity index (χ1) is 13.0. The van der Waals surface area contributed by atoms with Crippen molar-refractivity contribution in [3.63, 3.8) is 0 Å². The first kappa shape index (κ1) is 17.5. The molecule has 2 aromatic rings. The summed E-state index contributed by atoms with van der Waals surface area (Å²) in [5, 5.41) is 0. The van der Waals surface area contributed by atoms with Crippen LogP contribution in [0.25, 0.3) is 0 Å². The van der Waals surface area contributed by atoms with Crippen molar-refractivity contribution < 1.29 is 23.5 Å². The molecule has 0 atom stereocenters. The summed E-state index contributed by atoms with van der Waals surface area (Å²) in [6.45, 7) is 0.845. The van der Waals surface area contributed by atoms with Crippen LogP contribution in [0, 0.1) is 5.82 Å². The standard InChI is InChI=1S/C21H20FNO4/c1-26-14-6-7-19-16(12-14)18(24)13-21(27-19)8-10-23(11-9-21)20(25)15-4-2-3-5-17(15)22/h2-7,12H,8-11,13H2,1H3. The summed E-state index contributed by atoms with van der Waals surface area (Å²) in [6, 6.07) is 11.2. The number of amides is 1. The van der Waals surface area contributed by atoms with Gasteiger partial charge in [-0.3, -0.25) is 9.59 Å². The third kappa shape index (κ3) is 3.16. The Hall–Kier alpha value is -2.89. The highest BCUT2D eigenvalue weighted by Crippen LogP contribution is 2.40. The van der Waals surface area contributed by atoms with E-state index in [2.05, 4.69) is 0 Å². The number of hydrogen-bond acceptors (Lipinski definition) is 4. The zero-order chi connectivity index (χ0) is 19.0. The Morgan fingerprint density at radius 1 is 1.19 bits per heavy atom. The second-order valence-electron chi connectivity index (χ2n) is 7.02. The first-order valence-electron chi connectivity index (χ1n) is 8.95. The number of ether oxygens (including phenoxy) is 2. The fourth-order valence-corrected chi connectivity index (χ4v) is 3.80. The minimum Gasteiger partial charge on any atom is -0.497 e. The van der Waals surface area contributed by atoms with Gasteiger partial charge in [-0.1, -0.05) is 12.1 Å². The average Bonchev–Trinajstić information content (AvgIpc) is 2.68. The van der Waals surface area contributed by atoms with Gasteiger partial charge in [-0.25, -0.2) is 4.39 Å². The van der Waals surface area contributed by atoms with E-state index in [0.29, 0.717) is 43.0 Å². The fourth-order valence-electron chi connectivity index (χ4n) is 3.80. The molecule has 27 heavy (non-hydrogen) atoms. The second kappa shape index (κ2) is 6.68. The summed E-state index contributed by atoms with van der Waals surface area (Å²) < 4.78 is 25.3. The van der Waals surface area contributed by atoms with Gasteiger partial charge in [0.15, 0.2) is 5.78 Å². The van der Waals surface area contributed by atoms with E-state index in [1.807, 2.05) is 0 Å². The van der Waals surface area contributed by atoms with Crippen molar-refractivity contribution in [3.05, 3.63) is 59.4 Å². The Bertz CT molecular complexity index is 903. The van der Waals surface area contributed by atoms with Crippen molar-refractivity contribution in [2.45, 2.75) is 24.9 Å². The Morgan fingerprint density at radius 3 is 2.63 bits per heavy atom. The number of nitrogens with zero attached hydrogens (tertiary/aromatic N) is 1. The van der Waals surface area contributed by atoms with Crippen molar-refractivity contribution in [2.24, 2.45) is 0 Å². The Balaban J connectivity index is 1.49. The average molecular weight is 369 g/mol. The number of piperidine rings is 1. The molecule has 2 aliphatic heterocycles. The van der Waals surface area contributed by atoms with Crippen molar-refractivity contribution in [1.29, 1.82) is 0 Å². The molecule has 0 aromatic heterocycles. The van der Waals surface area contributed by atoms with E-state index < -0.39 is 11.4 Å². The molecule has 2 aromatic carbocycles. The SMILES string of the molecule is COc1ccc2c(c1)C(=O)CC1(CCN(C(=O)c3ccccc3F)CC1)O2. The predicted octanol–water partition coefficient (Wildman–Crippen LogP) is 3.47. The van der Waals surface area contributed by atoms with Gasteiger partial charge in [0.25, 0.3) is 5.91 Å². The minimum absolute atomic E-state index is 0.0176. The smallest absolute Gasteiger partial charge is 0.256 e. The van der Waals surface area contributed by atoms with Crippen molar-refractivity contribution in [1.82, 2.24) is 4.90 Å². The topological polar surface area (TPSA) is 55.8 Å². The number of carbonyl (C=O) groups excluding carboxylic acids is 2. The van der Waals surface area contributed by atoms with E-state index in [4.69, 9.17) is 9.47 Å². The molecule has 0 bridgehead atoms. The molecule has 0 radical (unpaired) electrons. The lowest BCUT2D eigenvalue weighted by Gasteiger charge is -2.44. The summed E-state index contributed by atoms with van der Waals surface area (Å²) in [6.07, 6.45) is 1.34. The van der Waals surface area contributed by atoms with Crippen LogP contribution in [-0.2, 0) is 0 Å². The molecule has 1 saturated heterocycles. The largest absolute Gasteiger partial charge is 0.497 e. The number of ketones is 1. The van der Waals surface area contributed by atoms with Crippen LogP contribution in [0.2, 0.25) is 0 Å². The zero-order valence-corrected chi connectivity index (χ0v) is 15.0. The van der Waals surface area contributed by atoms with Crippen LogP contribution in [0.15, 0.2) is 42.5 Å². The molecule has 0 unspecified atom stereocenters. The van der Waals surface area contributed by atoms with Gasteiger partial charge in [0, 0.05) is 25.9 Å². The van der Waals surface area contributed by atoms with E-state index in [9.17, 15) is 14.0 Å². The summed E-state index contributed by atoms with van der Waals surface area (Å²) >= 11 is 0. The molecule has 1 spiro atoms. The van der Waals surface area contributed by atoms with Gasteiger partial charge >= 0.3 is 0 Å². The van der Waals surface area contributed by atoms with Crippen LogP contribution in [0.3, 0.4) is 0 Å². The van der Waals surface area contributed by atoms with Crippen LogP contribution in [0.5, 0.6) is 11.5 Å². The van der Waals surface area contributed by atoms with Gasteiger partial charge in [0.05, 0.1) is 24.7 Å². The molecule has 2 aliphatic rings. The fraction of sp³-hybridized carbons (Fsp3) is 0.333. The van der Waals surface area contributed by atoms with Crippen LogP contribution >= 0.6 is 0 Å². The molecule has 140 valence electrons. The number of carbonyl (C=O) groups is 2. The number of Topliss-reactive ketones (excluding diaryl/α,β-unsaturated/α-hetero) is 1. The van der Waals surface area contributed by atoms with Gasteiger partial charge in [0.2, 0.25) is 0 Å². The van der Waals surface area contributed by atoms with Crippen LogP contribution in [-0.4, -0.2) is 42.4 Å². The van der Waals surface area contributed by atoms with E-state index in [1.165, 1.54) is 12.1 Å². The Labute approximate surface area is 156 Å². The summed E-state index contributed by atoms with van der Waals surface area (Å²) in [5.74, 6) is 0.349. The highest BCUT2D eigenvalue weighted by Gasteiger charge is 2.44. The maximum Gasteiger partial charge on any atom is 0.256 e. The highest BCUT2D eigenvalue weighted by atomic mass is 19.1. The van der Waals surface area contributed by atoms with Gasteiger partial charge in [-0.2, -0.15) is 0 Å². The van der Waals surface area contributed by atoms with Gasteiger partial charge in [0.1, 0.15) is 22.9 Å². The van der Waals surface area contributed by atoms with Crippen molar-refractivity contribution in [3.8, 4) is 11.5 Å². The normalized spacial score (nSPS) is 18.0. The third-order valence-electron chi connectivity index (χ3n) is 5.36. The summed E-state index contributed by atoms with van der Waals surface area (Å²) in [4.78, 5) is 26.9. The number of halogens is 1. The molecule has 2 heterocycles. The molecular weight excluding hydrogens is 349 g/mol. The number of likely N-dealkylation sites (tertiary alicyclic amines) is 1. The van der Waals surface area contributed by atoms with Crippen LogP contribution < -0.4 is 9.47 Å². The molecule has 5 nitrogen and oxygen atoms in total. The quantitative estimate of drug-likeness (QED) is 0.813. The first-order valence-corrected chi connectivity index (χ1v) is 8.95. The second-order valence-corrected chi connectivity index (χ2v) is 7.02. The van der Waals surface area contributed by atoms with Gasteiger partial charge < -0.3 is 14.4 Å². The number of benzene rings is 2. The molecule has 0 saturated carbocycles. The monoisotopic (exact) mass is 369 g/mol. The number of fused-ring (bicyclic) bond motifs is 1. The molecule has 6 heteroatoms.